The molecule has 0 aliphatic heterocycles. The van der Waals surface area contributed by atoms with Crippen LogP contribution in [0.25, 0.3) is 0 Å². The summed E-state index contributed by atoms with van der Waals surface area (Å²) in [4.78, 5) is 28.5. The van der Waals surface area contributed by atoms with Crippen molar-refractivity contribution in [2.24, 2.45) is 0 Å². The second-order valence-corrected chi connectivity index (χ2v) is 7.63. The van der Waals surface area contributed by atoms with Gasteiger partial charge in [-0.1, -0.05) is 24.3 Å². The summed E-state index contributed by atoms with van der Waals surface area (Å²) in [5, 5.41) is 3.12. The third-order valence-corrected chi connectivity index (χ3v) is 5.39. The van der Waals surface area contributed by atoms with Crippen molar-refractivity contribution in [3.05, 3.63) is 38.8 Å². The molecule has 8 heteroatoms. The van der Waals surface area contributed by atoms with Crippen LogP contribution in [0, 0.1) is 6.92 Å². The zero-order valence-electron chi connectivity index (χ0n) is 15.6. The first kappa shape index (κ1) is 21.4. The van der Waals surface area contributed by atoms with Gasteiger partial charge in [-0.2, -0.15) is 0 Å². The Kier molecular flexibility index (Phi) is 8.24. The minimum Gasteiger partial charge on any atom is -0.492 e. The Morgan fingerprint density at radius 3 is 2.74 bits per heavy atom. The van der Waals surface area contributed by atoms with E-state index in [4.69, 9.17) is 9.47 Å². The van der Waals surface area contributed by atoms with Crippen molar-refractivity contribution in [1.82, 2.24) is 4.98 Å². The lowest BCUT2D eigenvalue weighted by Crippen LogP contribution is -2.12. The number of aryl methyl sites for hydroxylation is 2. The number of hydrogen-bond acceptors (Lipinski definition) is 6. The summed E-state index contributed by atoms with van der Waals surface area (Å²) in [6, 6.07) is 5.99. The molecule has 0 bridgehead atoms. The van der Waals surface area contributed by atoms with Gasteiger partial charge in [-0.3, -0.25) is 4.79 Å². The second-order valence-electron chi connectivity index (χ2n) is 5.77. The Labute approximate surface area is 171 Å². The zero-order chi connectivity index (χ0) is 19.8. The van der Waals surface area contributed by atoms with Gasteiger partial charge in [-0.05, 0) is 60.3 Å². The number of esters is 1. The third-order valence-electron chi connectivity index (χ3n) is 3.71. The van der Waals surface area contributed by atoms with E-state index in [1.54, 1.807) is 13.8 Å². The molecule has 1 aromatic carbocycles. The number of anilines is 1. The fourth-order valence-electron chi connectivity index (χ4n) is 2.31. The zero-order valence-corrected chi connectivity index (χ0v) is 18.0. The average Bonchev–Trinajstić information content (AvgIpc) is 3.00. The molecule has 0 atom stereocenters. The van der Waals surface area contributed by atoms with Gasteiger partial charge in [0.05, 0.1) is 23.4 Å². The van der Waals surface area contributed by atoms with Crippen LogP contribution >= 0.6 is 27.3 Å². The molecular weight excluding hydrogens is 432 g/mol. The molecule has 1 aromatic heterocycles. The van der Waals surface area contributed by atoms with E-state index < -0.39 is 5.97 Å². The molecular formula is C19H23BrN2O4S. The summed E-state index contributed by atoms with van der Waals surface area (Å²) in [7, 11) is 0. The van der Waals surface area contributed by atoms with Crippen molar-refractivity contribution in [2.45, 2.75) is 40.0 Å². The molecule has 0 saturated heterocycles. The van der Waals surface area contributed by atoms with Crippen LogP contribution in [0.2, 0.25) is 0 Å². The van der Waals surface area contributed by atoms with Gasteiger partial charge in [0, 0.05) is 6.42 Å². The molecule has 0 radical (unpaired) electrons. The van der Waals surface area contributed by atoms with Crippen LogP contribution < -0.4 is 10.1 Å². The van der Waals surface area contributed by atoms with Crippen LogP contribution in [-0.4, -0.2) is 30.1 Å². The van der Waals surface area contributed by atoms with Gasteiger partial charge < -0.3 is 14.8 Å². The van der Waals surface area contributed by atoms with Gasteiger partial charge in [0.15, 0.2) is 5.13 Å². The van der Waals surface area contributed by atoms with Crippen LogP contribution in [-0.2, 0) is 16.0 Å². The quantitative estimate of drug-likeness (QED) is 0.436. The Bertz CT molecular complexity index is 807. The molecule has 27 heavy (non-hydrogen) atoms. The van der Waals surface area contributed by atoms with Crippen LogP contribution in [0.1, 0.15) is 47.6 Å². The highest BCUT2D eigenvalue weighted by molar-refractivity contribution is 9.10. The van der Waals surface area contributed by atoms with E-state index in [1.165, 1.54) is 5.56 Å². The van der Waals surface area contributed by atoms with Crippen molar-refractivity contribution in [1.29, 1.82) is 0 Å². The second kappa shape index (κ2) is 10.4. The summed E-state index contributed by atoms with van der Waals surface area (Å²) in [6.45, 7) is 6.29. The molecule has 2 aromatic rings. The predicted octanol–water partition coefficient (Wildman–Crippen LogP) is 4.75. The van der Waals surface area contributed by atoms with E-state index in [0.717, 1.165) is 28.0 Å². The lowest BCUT2D eigenvalue weighted by Gasteiger charge is -2.09. The lowest BCUT2D eigenvalue weighted by molar-refractivity contribution is -0.116. The maximum atomic E-state index is 12.1. The molecule has 1 heterocycles. The number of thiazole rings is 1. The molecule has 1 N–H and O–H groups in total. The van der Waals surface area contributed by atoms with Crippen LogP contribution in [0.15, 0.2) is 22.7 Å². The number of ether oxygens (including phenoxy) is 2. The minimum atomic E-state index is -0.416. The fourth-order valence-corrected chi connectivity index (χ4v) is 3.73. The van der Waals surface area contributed by atoms with E-state index in [9.17, 15) is 9.59 Å². The monoisotopic (exact) mass is 454 g/mol. The first-order valence-corrected chi connectivity index (χ1v) is 10.4. The molecule has 146 valence electrons. The van der Waals surface area contributed by atoms with Crippen molar-refractivity contribution >= 4 is 44.3 Å². The number of rotatable bonds is 9. The summed E-state index contributed by atoms with van der Waals surface area (Å²) in [6.07, 6.45) is 1.84. The van der Waals surface area contributed by atoms with Gasteiger partial charge in [0.25, 0.3) is 0 Å². The smallest absolute Gasteiger partial charge is 0.350 e. The number of carbonyl (C=O) groups is 2. The van der Waals surface area contributed by atoms with E-state index in [0.29, 0.717) is 41.8 Å². The number of benzene rings is 1. The number of carbonyl (C=O) groups excluding carboxylic acids is 2. The summed E-state index contributed by atoms with van der Waals surface area (Å²) >= 11 is 4.62. The normalized spacial score (nSPS) is 10.5. The van der Waals surface area contributed by atoms with Crippen LogP contribution in [0.4, 0.5) is 5.13 Å². The van der Waals surface area contributed by atoms with Gasteiger partial charge >= 0.3 is 5.97 Å². The molecule has 0 aliphatic rings. The highest BCUT2D eigenvalue weighted by Gasteiger charge is 2.17. The van der Waals surface area contributed by atoms with Crippen LogP contribution in [0.5, 0.6) is 5.75 Å². The van der Waals surface area contributed by atoms with Gasteiger partial charge in [-0.25, -0.2) is 9.78 Å². The molecule has 1 amide bonds. The molecule has 0 spiro atoms. The third kappa shape index (κ3) is 6.32. The molecule has 0 unspecified atom stereocenters. The number of hydrogen-bond donors (Lipinski definition) is 1. The van der Waals surface area contributed by atoms with E-state index in [1.807, 2.05) is 18.2 Å². The largest absolute Gasteiger partial charge is 0.492 e. The number of nitrogens with zero attached hydrogens (tertiary/aromatic N) is 1. The maximum absolute atomic E-state index is 12.1. The minimum absolute atomic E-state index is 0.164. The van der Waals surface area contributed by atoms with E-state index >= 15 is 0 Å². The fraction of sp³-hybridized carbons (Fsp3) is 0.421. The first-order chi connectivity index (χ1) is 12.9. The van der Waals surface area contributed by atoms with Gasteiger partial charge in [0.1, 0.15) is 10.6 Å². The lowest BCUT2D eigenvalue weighted by atomic mass is 10.2. The van der Waals surface area contributed by atoms with E-state index in [2.05, 4.69) is 33.2 Å². The highest BCUT2D eigenvalue weighted by Crippen LogP contribution is 2.26. The van der Waals surface area contributed by atoms with Gasteiger partial charge in [-0.15, -0.1) is 0 Å². The van der Waals surface area contributed by atoms with E-state index in [-0.39, 0.29) is 5.91 Å². The maximum Gasteiger partial charge on any atom is 0.350 e. The average molecular weight is 455 g/mol. The summed E-state index contributed by atoms with van der Waals surface area (Å²) in [5.41, 5.74) is 1.78. The number of nitrogens with one attached hydrogen (secondary N) is 1. The number of amides is 1. The molecule has 6 nitrogen and oxygen atoms in total. The topological polar surface area (TPSA) is 77.5 Å². The summed E-state index contributed by atoms with van der Waals surface area (Å²) in [5.74, 6) is 0.187. The summed E-state index contributed by atoms with van der Waals surface area (Å²) < 4.78 is 11.6. The SMILES string of the molecule is CCOC(=O)c1sc(NC(=O)CCCOc2ccc(CC)cc2Br)nc1C. The Hall–Kier alpha value is -1.93. The van der Waals surface area contributed by atoms with Crippen molar-refractivity contribution in [3.8, 4) is 5.75 Å². The van der Waals surface area contributed by atoms with Crippen molar-refractivity contribution in [3.63, 3.8) is 0 Å². The van der Waals surface area contributed by atoms with Crippen LogP contribution in [0.3, 0.4) is 0 Å². The van der Waals surface area contributed by atoms with Gasteiger partial charge in [0.2, 0.25) is 5.91 Å². The van der Waals surface area contributed by atoms with Crippen molar-refractivity contribution in [2.75, 3.05) is 18.5 Å². The molecule has 2 rings (SSSR count). The highest BCUT2D eigenvalue weighted by atomic mass is 79.9. The van der Waals surface area contributed by atoms with Crippen molar-refractivity contribution < 1.29 is 19.1 Å². The first-order valence-electron chi connectivity index (χ1n) is 8.80. The number of aromatic nitrogens is 1. The Morgan fingerprint density at radius 2 is 2.07 bits per heavy atom. The number of halogens is 1. The molecule has 0 fully saturated rings. The Morgan fingerprint density at radius 1 is 1.30 bits per heavy atom. The standard InChI is InChI=1S/C19H23BrN2O4S/c1-4-13-8-9-15(14(20)11-13)26-10-6-7-16(23)22-19-21-12(3)17(27-19)18(24)25-5-2/h8-9,11H,4-7,10H2,1-3H3,(H,21,22,23). The predicted molar refractivity (Wildman–Crippen MR) is 110 cm³/mol. The Balaban J connectivity index is 1.78. The molecule has 0 aliphatic carbocycles. The molecule has 0 saturated carbocycles.